The van der Waals surface area contributed by atoms with Gasteiger partial charge in [0.2, 0.25) is 15.9 Å². The fraction of sp³-hybridized carbons (Fsp3) is 0.400. The number of urea groups is 1. The monoisotopic (exact) mass is 450 g/mol. The Balaban J connectivity index is 1.63. The van der Waals surface area contributed by atoms with Gasteiger partial charge in [-0.3, -0.25) is 4.79 Å². The molecule has 3 N–H and O–H groups in total. The second-order valence-electron chi connectivity index (χ2n) is 7.31. The van der Waals surface area contributed by atoms with Crippen molar-refractivity contribution < 1.29 is 18.0 Å². The Bertz CT molecular complexity index is 1010. The van der Waals surface area contributed by atoms with Gasteiger partial charge >= 0.3 is 6.03 Å². The number of aryl methyl sites for hydroxylation is 2. The molecule has 0 aliphatic carbocycles. The summed E-state index contributed by atoms with van der Waals surface area (Å²) in [7, 11) is -3.60. The number of primary amides is 1. The van der Waals surface area contributed by atoms with Crippen LogP contribution in [0.3, 0.4) is 0 Å². The van der Waals surface area contributed by atoms with Gasteiger partial charge in [-0.05, 0) is 48.6 Å². The number of carbonyl (C=O) groups excluding carboxylic acids is 2. The van der Waals surface area contributed by atoms with E-state index in [2.05, 4.69) is 5.32 Å². The summed E-state index contributed by atoms with van der Waals surface area (Å²) >= 11 is 1.44. The lowest BCUT2D eigenvalue weighted by Gasteiger charge is -2.34. The van der Waals surface area contributed by atoms with Crippen molar-refractivity contribution in [2.24, 2.45) is 5.73 Å². The number of nitrogens with one attached hydrogen (secondary N) is 1. The molecule has 2 heterocycles. The van der Waals surface area contributed by atoms with Crippen LogP contribution >= 0.6 is 11.3 Å². The summed E-state index contributed by atoms with van der Waals surface area (Å²) in [5, 5.41) is 4.48. The molecule has 2 aromatic rings. The molecule has 30 heavy (non-hydrogen) atoms. The molecule has 1 aromatic carbocycles. The molecule has 1 fully saturated rings. The first kappa shape index (κ1) is 22.3. The van der Waals surface area contributed by atoms with E-state index < -0.39 is 22.1 Å². The molecule has 3 rings (SSSR count). The maximum atomic E-state index is 12.9. The highest BCUT2D eigenvalue weighted by atomic mass is 32.2. The molecule has 10 heteroatoms. The van der Waals surface area contributed by atoms with Crippen molar-refractivity contribution in [3.8, 4) is 0 Å². The van der Waals surface area contributed by atoms with Crippen molar-refractivity contribution >= 4 is 33.3 Å². The van der Waals surface area contributed by atoms with Crippen molar-refractivity contribution in [3.63, 3.8) is 0 Å². The van der Waals surface area contributed by atoms with Crippen LogP contribution in [0.2, 0.25) is 0 Å². The van der Waals surface area contributed by atoms with Gasteiger partial charge in [0, 0.05) is 31.1 Å². The molecule has 1 aliphatic rings. The zero-order chi connectivity index (χ0) is 21.9. The average molecular weight is 451 g/mol. The molecule has 1 saturated heterocycles. The molecule has 0 radical (unpaired) electrons. The van der Waals surface area contributed by atoms with Gasteiger partial charge in [0.15, 0.2) is 0 Å². The smallest absolute Gasteiger partial charge is 0.312 e. The lowest BCUT2D eigenvalue weighted by molar-refractivity contribution is -0.132. The van der Waals surface area contributed by atoms with E-state index >= 15 is 0 Å². The number of hydrogen-bond acceptors (Lipinski definition) is 5. The molecule has 8 nitrogen and oxygen atoms in total. The highest BCUT2D eigenvalue weighted by Gasteiger charge is 2.31. The third-order valence-corrected chi connectivity index (χ3v) is 8.17. The number of benzene rings is 1. The maximum Gasteiger partial charge on any atom is 0.312 e. The molecule has 0 spiro atoms. The van der Waals surface area contributed by atoms with E-state index in [0.717, 1.165) is 16.0 Å². The van der Waals surface area contributed by atoms with Gasteiger partial charge in [0.1, 0.15) is 0 Å². The Morgan fingerprint density at radius 2 is 1.83 bits per heavy atom. The van der Waals surface area contributed by atoms with Gasteiger partial charge in [-0.1, -0.05) is 12.1 Å². The van der Waals surface area contributed by atoms with E-state index in [-0.39, 0.29) is 30.3 Å². The fourth-order valence-electron chi connectivity index (χ4n) is 3.39. The number of rotatable bonds is 6. The highest BCUT2D eigenvalue weighted by Crippen LogP contribution is 2.24. The van der Waals surface area contributed by atoms with Crippen molar-refractivity contribution in [1.82, 2.24) is 14.5 Å². The van der Waals surface area contributed by atoms with Crippen molar-refractivity contribution in [2.45, 2.75) is 31.2 Å². The zero-order valence-electron chi connectivity index (χ0n) is 17.0. The summed E-state index contributed by atoms with van der Waals surface area (Å²) in [6, 6.07) is 7.61. The van der Waals surface area contributed by atoms with E-state index in [1.807, 2.05) is 31.4 Å². The summed E-state index contributed by atoms with van der Waals surface area (Å²) in [4.78, 5) is 26.8. The number of thiophene rings is 1. The molecule has 1 aromatic heterocycles. The van der Waals surface area contributed by atoms with E-state index in [1.54, 1.807) is 23.1 Å². The first-order valence-electron chi connectivity index (χ1n) is 9.63. The van der Waals surface area contributed by atoms with E-state index in [1.165, 1.54) is 15.6 Å². The predicted octanol–water partition coefficient (Wildman–Crippen LogP) is 2.00. The molecule has 162 valence electrons. The van der Waals surface area contributed by atoms with Crippen LogP contribution in [0.15, 0.2) is 40.6 Å². The van der Waals surface area contributed by atoms with E-state index in [9.17, 15) is 18.0 Å². The number of hydrogen-bond donors (Lipinski definition) is 2. The second-order valence-corrected chi connectivity index (χ2v) is 10.2. The topological polar surface area (TPSA) is 113 Å². The Morgan fingerprint density at radius 3 is 2.40 bits per heavy atom. The number of nitrogens with two attached hydrogens (primary N) is 1. The predicted molar refractivity (Wildman–Crippen MR) is 116 cm³/mol. The van der Waals surface area contributed by atoms with Crippen LogP contribution in [-0.4, -0.2) is 55.7 Å². The minimum absolute atomic E-state index is 0.0767. The Labute approximate surface area is 180 Å². The van der Waals surface area contributed by atoms with Crippen LogP contribution in [0.5, 0.6) is 0 Å². The maximum absolute atomic E-state index is 12.9. The van der Waals surface area contributed by atoms with Crippen molar-refractivity contribution in [2.75, 3.05) is 26.2 Å². The number of sulfonamides is 1. The molecule has 1 aliphatic heterocycles. The van der Waals surface area contributed by atoms with Gasteiger partial charge in [0.05, 0.1) is 17.4 Å². The zero-order valence-corrected chi connectivity index (χ0v) is 18.6. The van der Waals surface area contributed by atoms with Gasteiger partial charge in [-0.15, -0.1) is 11.3 Å². The molecule has 0 saturated carbocycles. The molecule has 1 atom stereocenters. The first-order valence-corrected chi connectivity index (χ1v) is 11.9. The number of piperazine rings is 1. The normalized spacial score (nSPS) is 16.3. The van der Waals surface area contributed by atoms with Gasteiger partial charge in [0.25, 0.3) is 0 Å². The second kappa shape index (κ2) is 9.15. The van der Waals surface area contributed by atoms with Gasteiger partial charge in [-0.2, -0.15) is 4.31 Å². The molecule has 1 unspecified atom stereocenters. The lowest BCUT2D eigenvalue weighted by Crippen LogP contribution is -2.51. The van der Waals surface area contributed by atoms with Crippen LogP contribution in [0.1, 0.15) is 28.5 Å². The summed E-state index contributed by atoms with van der Waals surface area (Å²) in [5.41, 5.74) is 7.21. The van der Waals surface area contributed by atoms with E-state index in [0.29, 0.717) is 13.1 Å². The lowest BCUT2D eigenvalue weighted by atomic mass is 10.1. The van der Waals surface area contributed by atoms with Crippen molar-refractivity contribution in [3.05, 3.63) is 51.7 Å². The number of nitrogens with zero attached hydrogens (tertiary/aromatic N) is 2. The number of carbonyl (C=O) groups is 2. The molecule has 3 amide bonds. The SMILES string of the molecule is Cc1ccc(S(=O)(=O)N2CCN(C(=O)CC(NC(N)=O)c3cccs3)CC2)cc1C. The third kappa shape index (κ3) is 5.00. The fourth-order valence-corrected chi connectivity index (χ4v) is 5.67. The van der Waals surface area contributed by atoms with Crippen molar-refractivity contribution in [1.29, 1.82) is 0 Å². The highest BCUT2D eigenvalue weighted by molar-refractivity contribution is 7.89. The minimum Gasteiger partial charge on any atom is -0.352 e. The molecular formula is C20H26N4O4S2. The van der Waals surface area contributed by atoms with E-state index in [4.69, 9.17) is 5.73 Å². The average Bonchev–Trinajstić information content (AvgIpc) is 3.24. The standard InChI is InChI=1S/C20H26N4O4S2/c1-14-5-6-16(12-15(14)2)30(27,28)24-9-7-23(8-10-24)19(25)13-17(22-20(21)26)18-4-3-11-29-18/h3-6,11-12,17H,7-10,13H2,1-2H3,(H3,21,22,26). The summed E-state index contributed by atoms with van der Waals surface area (Å²) in [5.74, 6) is -0.148. The van der Waals surface area contributed by atoms with Gasteiger partial charge < -0.3 is 16.0 Å². The summed E-state index contributed by atoms with van der Waals surface area (Å²) in [6.45, 7) is 4.89. The summed E-state index contributed by atoms with van der Waals surface area (Å²) < 4.78 is 27.3. The van der Waals surface area contributed by atoms with Crippen LogP contribution in [0, 0.1) is 13.8 Å². The van der Waals surface area contributed by atoms with Crippen LogP contribution in [0.25, 0.3) is 0 Å². The largest absolute Gasteiger partial charge is 0.352 e. The Kier molecular flexibility index (Phi) is 6.79. The van der Waals surface area contributed by atoms with Crippen LogP contribution in [-0.2, 0) is 14.8 Å². The van der Waals surface area contributed by atoms with Crippen LogP contribution in [0.4, 0.5) is 4.79 Å². The third-order valence-electron chi connectivity index (χ3n) is 5.29. The summed E-state index contributed by atoms with van der Waals surface area (Å²) in [6.07, 6.45) is 0.0767. The first-order chi connectivity index (χ1) is 14.2. The van der Waals surface area contributed by atoms with Crippen LogP contribution < -0.4 is 11.1 Å². The Morgan fingerprint density at radius 1 is 1.13 bits per heavy atom. The minimum atomic E-state index is -3.60. The molecular weight excluding hydrogens is 424 g/mol. The van der Waals surface area contributed by atoms with Gasteiger partial charge in [-0.25, -0.2) is 13.2 Å². The Hall–Kier alpha value is -2.43. The quantitative estimate of drug-likeness (QED) is 0.701. The number of amides is 3. The molecule has 0 bridgehead atoms.